The van der Waals surface area contributed by atoms with Gasteiger partial charge in [-0.15, -0.1) is 0 Å². The minimum absolute atomic E-state index is 0.0236. The predicted octanol–water partition coefficient (Wildman–Crippen LogP) is 4.55. The van der Waals surface area contributed by atoms with Gasteiger partial charge in [0.05, 0.1) is 11.4 Å². The lowest BCUT2D eigenvalue weighted by molar-refractivity contribution is -0.128. The summed E-state index contributed by atoms with van der Waals surface area (Å²) >= 11 is 7.64. The molecule has 0 bridgehead atoms. The highest BCUT2D eigenvalue weighted by molar-refractivity contribution is 7.99. The van der Waals surface area contributed by atoms with Crippen molar-refractivity contribution in [2.75, 3.05) is 74.5 Å². The fourth-order valence-electron chi connectivity index (χ4n) is 4.80. The van der Waals surface area contributed by atoms with Gasteiger partial charge in [-0.3, -0.25) is 9.69 Å². The van der Waals surface area contributed by atoms with Crippen molar-refractivity contribution >= 4 is 46.9 Å². The summed E-state index contributed by atoms with van der Waals surface area (Å²) < 4.78 is 14.1. The smallest absolute Gasteiger partial charge is 0.233 e. The number of benzene rings is 2. The molecule has 0 saturated carbocycles. The van der Waals surface area contributed by atoms with Gasteiger partial charge in [-0.1, -0.05) is 78.0 Å². The molecule has 0 atom stereocenters. The van der Waals surface area contributed by atoms with Crippen molar-refractivity contribution in [3.63, 3.8) is 0 Å². The number of thioether (sulfide) groups is 1. The fraction of sp³-hybridized carbons (Fsp3) is 0.345. The number of piperazine rings is 2. The van der Waals surface area contributed by atoms with Crippen molar-refractivity contribution in [3.05, 3.63) is 83.3 Å². The minimum Gasteiger partial charge on any atom is -0.366 e. The monoisotopic (exact) mass is 566 g/mol. The van der Waals surface area contributed by atoms with Gasteiger partial charge < -0.3 is 14.7 Å². The van der Waals surface area contributed by atoms with Gasteiger partial charge in [0.25, 0.3) is 0 Å². The number of carbonyl (C=O) groups excluding carboxylic acids is 1. The second kappa shape index (κ2) is 13.3. The lowest BCUT2D eigenvalue weighted by atomic mass is 10.2. The molecule has 2 aliphatic heterocycles. The van der Waals surface area contributed by atoms with Crippen LogP contribution in [0.5, 0.6) is 0 Å². The van der Waals surface area contributed by atoms with Crippen LogP contribution in [0.1, 0.15) is 5.56 Å². The summed E-state index contributed by atoms with van der Waals surface area (Å²) in [7, 11) is 0. The van der Waals surface area contributed by atoms with Gasteiger partial charge in [0.2, 0.25) is 5.91 Å². The normalized spacial score (nSPS) is 16.7. The van der Waals surface area contributed by atoms with E-state index >= 15 is 0 Å². The van der Waals surface area contributed by atoms with Crippen molar-refractivity contribution in [1.29, 1.82) is 0 Å². The molecule has 3 heterocycles. The number of nitrogens with zero attached hydrogens (tertiary/aromatic N) is 6. The Balaban J connectivity index is 1.09. The molecule has 2 saturated heterocycles. The molecule has 10 heteroatoms. The van der Waals surface area contributed by atoms with E-state index in [9.17, 15) is 9.18 Å². The molecule has 0 aliphatic carbocycles. The lowest BCUT2D eigenvalue weighted by Gasteiger charge is -2.36. The molecule has 0 N–H and O–H groups in total. The Morgan fingerprint density at radius 2 is 1.59 bits per heavy atom. The third kappa shape index (κ3) is 7.50. The predicted molar refractivity (Wildman–Crippen MR) is 157 cm³/mol. The molecule has 5 rings (SSSR count). The molecule has 2 fully saturated rings. The van der Waals surface area contributed by atoms with Gasteiger partial charge in [-0.25, -0.2) is 14.4 Å². The minimum atomic E-state index is -0.233. The summed E-state index contributed by atoms with van der Waals surface area (Å²) in [5, 5.41) is 0.880. The van der Waals surface area contributed by atoms with Gasteiger partial charge in [0.1, 0.15) is 16.8 Å². The molecule has 7 nitrogen and oxygen atoms in total. The summed E-state index contributed by atoms with van der Waals surface area (Å²) in [6.45, 7) is 6.78. The Kier molecular flexibility index (Phi) is 9.34. The van der Waals surface area contributed by atoms with Crippen molar-refractivity contribution in [2.24, 2.45) is 0 Å². The molecular weight excluding hydrogens is 535 g/mol. The highest BCUT2D eigenvalue weighted by Gasteiger charge is 2.24. The average Bonchev–Trinajstić information content (AvgIpc) is 2.97. The highest BCUT2D eigenvalue weighted by Crippen LogP contribution is 2.24. The molecular formula is C29H32ClFN6OS. The van der Waals surface area contributed by atoms with E-state index in [-0.39, 0.29) is 17.5 Å². The van der Waals surface area contributed by atoms with Crippen molar-refractivity contribution < 1.29 is 9.18 Å². The highest BCUT2D eigenvalue weighted by atomic mass is 35.5. The number of amides is 1. The van der Waals surface area contributed by atoms with Crippen LogP contribution in [-0.2, 0) is 4.79 Å². The maximum Gasteiger partial charge on any atom is 0.233 e. The van der Waals surface area contributed by atoms with E-state index < -0.39 is 0 Å². The first kappa shape index (κ1) is 27.4. The standard InChI is InChI=1S/C29H32ClFN6OS/c30-26-21-27(36-15-13-34(14-16-36)12-6-9-23-7-2-1-3-8-23)33-29(32-26)39-22-28(38)37-19-17-35(18-20-37)25-11-5-4-10-24(25)31/h1-11,21H,12-20,22H2. The number of halogens is 2. The third-order valence-corrected chi connectivity index (χ3v) is 8.01. The topological polar surface area (TPSA) is 55.8 Å². The summed E-state index contributed by atoms with van der Waals surface area (Å²) in [5.74, 6) is 0.822. The van der Waals surface area contributed by atoms with E-state index in [1.54, 1.807) is 18.2 Å². The molecule has 1 amide bonds. The quantitative estimate of drug-likeness (QED) is 0.225. The second-order valence-corrected chi connectivity index (χ2v) is 10.9. The van der Waals surface area contributed by atoms with E-state index in [1.165, 1.54) is 23.4 Å². The summed E-state index contributed by atoms with van der Waals surface area (Å²) in [4.78, 5) is 30.4. The van der Waals surface area contributed by atoms with Gasteiger partial charge >= 0.3 is 0 Å². The number of para-hydroxylation sites is 1. The van der Waals surface area contributed by atoms with Gasteiger partial charge in [0, 0.05) is 65.0 Å². The van der Waals surface area contributed by atoms with Crippen LogP contribution in [0.4, 0.5) is 15.9 Å². The van der Waals surface area contributed by atoms with Crippen LogP contribution in [0.2, 0.25) is 5.15 Å². The van der Waals surface area contributed by atoms with Crippen molar-refractivity contribution in [1.82, 2.24) is 19.8 Å². The van der Waals surface area contributed by atoms with Gasteiger partial charge in [-0.2, -0.15) is 0 Å². The number of carbonyl (C=O) groups is 1. The Labute approximate surface area is 238 Å². The fourth-order valence-corrected chi connectivity index (χ4v) is 5.78. The Morgan fingerprint density at radius 3 is 2.33 bits per heavy atom. The summed E-state index contributed by atoms with van der Waals surface area (Å²) in [6, 6.07) is 18.9. The first-order valence-electron chi connectivity index (χ1n) is 13.2. The molecule has 39 heavy (non-hydrogen) atoms. The molecule has 2 aliphatic rings. The van der Waals surface area contributed by atoms with E-state index in [0.717, 1.165) is 38.5 Å². The van der Waals surface area contributed by atoms with E-state index in [1.807, 2.05) is 34.1 Å². The average molecular weight is 567 g/mol. The van der Waals surface area contributed by atoms with E-state index in [4.69, 9.17) is 16.6 Å². The van der Waals surface area contributed by atoms with Gasteiger partial charge in [0.15, 0.2) is 5.16 Å². The number of anilines is 2. The van der Waals surface area contributed by atoms with E-state index in [2.05, 4.69) is 39.1 Å². The molecule has 1 aromatic heterocycles. The van der Waals surface area contributed by atoms with Crippen LogP contribution in [0.25, 0.3) is 6.08 Å². The SMILES string of the molecule is O=C(CSc1nc(Cl)cc(N2CCN(CC=Cc3ccccc3)CC2)n1)N1CCN(c2ccccc2F)CC1. The number of aromatic nitrogens is 2. The Morgan fingerprint density at radius 1 is 0.897 bits per heavy atom. The molecule has 2 aromatic carbocycles. The largest absolute Gasteiger partial charge is 0.366 e. The maximum atomic E-state index is 14.1. The third-order valence-electron chi connectivity index (χ3n) is 6.98. The van der Waals surface area contributed by atoms with Crippen LogP contribution in [-0.4, -0.2) is 90.3 Å². The second-order valence-electron chi connectivity index (χ2n) is 9.54. The number of hydrogen-bond donors (Lipinski definition) is 0. The van der Waals surface area contributed by atoms with Crippen LogP contribution >= 0.6 is 23.4 Å². The molecule has 0 radical (unpaired) electrons. The summed E-state index contributed by atoms with van der Waals surface area (Å²) in [6.07, 6.45) is 4.36. The first-order chi connectivity index (χ1) is 19.0. The number of hydrogen-bond acceptors (Lipinski definition) is 7. The van der Waals surface area contributed by atoms with Crippen molar-refractivity contribution in [2.45, 2.75) is 5.16 Å². The van der Waals surface area contributed by atoms with Crippen molar-refractivity contribution in [3.8, 4) is 0 Å². The number of rotatable bonds is 8. The van der Waals surface area contributed by atoms with E-state index in [0.29, 0.717) is 42.2 Å². The zero-order valence-corrected chi connectivity index (χ0v) is 23.3. The molecule has 3 aromatic rings. The van der Waals surface area contributed by atoms with Crippen LogP contribution in [0.3, 0.4) is 0 Å². The van der Waals surface area contributed by atoms with Gasteiger partial charge in [-0.05, 0) is 17.7 Å². The Bertz CT molecular complexity index is 1280. The lowest BCUT2D eigenvalue weighted by Crippen LogP contribution is -2.49. The molecule has 0 unspecified atom stereocenters. The maximum absolute atomic E-state index is 14.1. The van der Waals surface area contributed by atoms with Crippen LogP contribution in [0, 0.1) is 5.82 Å². The summed E-state index contributed by atoms with van der Waals surface area (Å²) in [5.41, 5.74) is 1.79. The zero-order chi connectivity index (χ0) is 27.0. The van der Waals surface area contributed by atoms with Crippen LogP contribution < -0.4 is 9.80 Å². The van der Waals surface area contributed by atoms with Crippen LogP contribution in [0.15, 0.2) is 71.9 Å². The first-order valence-corrected chi connectivity index (χ1v) is 14.5. The molecule has 204 valence electrons. The molecule has 0 spiro atoms. The Hall–Kier alpha value is -3.14. The zero-order valence-electron chi connectivity index (χ0n) is 21.8.